The summed E-state index contributed by atoms with van der Waals surface area (Å²) in [5.74, 6) is -0.311. The van der Waals surface area contributed by atoms with Gasteiger partial charge in [-0.25, -0.2) is 9.78 Å². The SMILES string of the molecule is CC(C)(C)OC(=O)N1CCN(c2ccncc2NC(=O)c2csc(-c3ccn[nH]3)n2)CC1. The average Bonchev–Trinajstić information content (AvgIpc) is 3.45. The summed E-state index contributed by atoms with van der Waals surface area (Å²) in [6.07, 6.45) is 4.64. The number of aromatic amines is 1. The highest BCUT2D eigenvalue weighted by Crippen LogP contribution is 2.27. The number of aromatic nitrogens is 4. The standard InChI is InChI=1S/C21H25N7O3S/c1-21(2,3)31-20(30)28-10-8-27(9-11-28)17-5-6-22-12-15(17)24-18(29)16-13-32-19(25-16)14-4-7-23-26-14/h4-7,12-13H,8-11H2,1-3H3,(H,23,26)(H,24,29). The normalized spacial score (nSPS) is 14.3. The number of nitrogens with zero attached hydrogens (tertiary/aromatic N) is 5. The number of anilines is 2. The Kier molecular flexibility index (Phi) is 6.08. The molecule has 10 nitrogen and oxygen atoms in total. The highest BCUT2D eigenvalue weighted by molar-refractivity contribution is 7.13. The topological polar surface area (TPSA) is 116 Å². The fraction of sp³-hybridized carbons (Fsp3) is 0.381. The van der Waals surface area contributed by atoms with Crippen molar-refractivity contribution in [2.45, 2.75) is 26.4 Å². The molecule has 0 radical (unpaired) electrons. The molecule has 3 aromatic heterocycles. The number of nitrogens with one attached hydrogen (secondary N) is 2. The number of thiazole rings is 1. The second kappa shape index (κ2) is 8.95. The minimum absolute atomic E-state index is 0.308. The Morgan fingerprint density at radius 1 is 1.16 bits per heavy atom. The van der Waals surface area contributed by atoms with E-state index in [1.165, 1.54) is 11.3 Å². The van der Waals surface area contributed by atoms with E-state index in [1.807, 2.05) is 26.8 Å². The number of carbonyl (C=O) groups is 2. The van der Waals surface area contributed by atoms with Gasteiger partial charge in [-0.15, -0.1) is 11.3 Å². The Hall–Kier alpha value is -3.47. The molecule has 3 aromatic rings. The maximum Gasteiger partial charge on any atom is 0.410 e. The van der Waals surface area contributed by atoms with Crippen LogP contribution in [0.15, 0.2) is 36.1 Å². The second-order valence-corrected chi connectivity index (χ2v) is 9.17. The summed E-state index contributed by atoms with van der Waals surface area (Å²) in [5, 5.41) is 12.1. The minimum Gasteiger partial charge on any atom is -0.444 e. The van der Waals surface area contributed by atoms with Gasteiger partial charge >= 0.3 is 6.09 Å². The van der Waals surface area contributed by atoms with Crippen LogP contribution in [0.25, 0.3) is 10.7 Å². The Balaban J connectivity index is 1.41. The number of H-pyrrole nitrogens is 1. The van der Waals surface area contributed by atoms with Crippen LogP contribution in [0, 0.1) is 0 Å². The summed E-state index contributed by atoms with van der Waals surface area (Å²) < 4.78 is 5.46. The van der Waals surface area contributed by atoms with E-state index in [9.17, 15) is 9.59 Å². The molecule has 32 heavy (non-hydrogen) atoms. The zero-order valence-corrected chi connectivity index (χ0v) is 19.0. The van der Waals surface area contributed by atoms with Crippen LogP contribution in [0.1, 0.15) is 31.3 Å². The Labute approximate surface area is 189 Å². The van der Waals surface area contributed by atoms with Gasteiger partial charge in [0.2, 0.25) is 0 Å². The fourth-order valence-electron chi connectivity index (χ4n) is 3.28. The molecular weight excluding hydrogens is 430 g/mol. The molecule has 168 valence electrons. The van der Waals surface area contributed by atoms with E-state index in [2.05, 4.69) is 30.4 Å². The van der Waals surface area contributed by atoms with Crippen LogP contribution in [-0.4, -0.2) is 68.8 Å². The Morgan fingerprint density at radius 3 is 2.62 bits per heavy atom. The lowest BCUT2D eigenvalue weighted by Crippen LogP contribution is -2.50. The molecule has 0 aromatic carbocycles. The van der Waals surface area contributed by atoms with Gasteiger partial charge in [0.1, 0.15) is 16.3 Å². The maximum absolute atomic E-state index is 12.8. The molecule has 4 heterocycles. The number of pyridine rings is 1. The van der Waals surface area contributed by atoms with Gasteiger partial charge in [-0.3, -0.25) is 14.9 Å². The van der Waals surface area contributed by atoms with Crippen LogP contribution in [0.4, 0.5) is 16.2 Å². The summed E-state index contributed by atoms with van der Waals surface area (Å²) in [5.41, 5.74) is 2.01. The van der Waals surface area contributed by atoms with Crippen molar-refractivity contribution in [2.24, 2.45) is 0 Å². The molecule has 0 saturated carbocycles. The van der Waals surface area contributed by atoms with Gasteiger partial charge in [-0.2, -0.15) is 5.10 Å². The van der Waals surface area contributed by atoms with Crippen molar-refractivity contribution in [3.05, 3.63) is 41.8 Å². The molecular formula is C21H25N7O3S. The van der Waals surface area contributed by atoms with Crippen LogP contribution in [0.5, 0.6) is 0 Å². The van der Waals surface area contributed by atoms with Gasteiger partial charge in [0.05, 0.1) is 23.3 Å². The monoisotopic (exact) mass is 455 g/mol. The lowest BCUT2D eigenvalue weighted by molar-refractivity contribution is 0.0240. The summed E-state index contributed by atoms with van der Waals surface area (Å²) in [4.78, 5) is 37.5. The lowest BCUT2D eigenvalue weighted by Gasteiger charge is -2.37. The molecule has 1 aliphatic rings. The zero-order valence-electron chi connectivity index (χ0n) is 18.2. The van der Waals surface area contributed by atoms with E-state index in [4.69, 9.17) is 4.74 Å². The molecule has 1 fully saturated rings. The maximum atomic E-state index is 12.8. The predicted octanol–water partition coefficient (Wildman–Crippen LogP) is 3.24. The average molecular weight is 456 g/mol. The zero-order chi connectivity index (χ0) is 22.7. The Bertz CT molecular complexity index is 1080. The van der Waals surface area contributed by atoms with Gasteiger partial charge in [0, 0.05) is 44.0 Å². The van der Waals surface area contributed by atoms with Crippen molar-refractivity contribution in [3.8, 4) is 10.7 Å². The van der Waals surface area contributed by atoms with E-state index >= 15 is 0 Å². The van der Waals surface area contributed by atoms with Crippen molar-refractivity contribution in [3.63, 3.8) is 0 Å². The van der Waals surface area contributed by atoms with Crippen molar-refractivity contribution >= 4 is 34.7 Å². The molecule has 2 N–H and O–H groups in total. The minimum atomic E-state index is -0.524. The largest absolute Gasteiger partial charge is 0.444 e. The first-order valence-electron chi connectivity index (χ1n) is 10.2. The number of hydrogen-bond acceptors (Lipinski definition) is 8. The molecule has 11 heteroatoms. The van der Waals surface area contributed by atoms with Crippen molar-refractivity contribution in [1.82, 2.24) is 25.1 Å². The first-order chi connectivity index (χ1) is 15.3. The smallest absolute Gasteiger partial charge is 0.410 e. The molecule has 0 atom stereocenters. The highest BCUT2D eigenvalue weighted by atomic mass is 32.1. The van der Waals surface area contributed by atoms with E-state index in [1.54, 1.807) is 34.9 Å². The van der Waals surface area contributed by atoms with Crippen LogP contribution >= 0.6 is 11.3 Å². The molecule has 0 bridgehead atoms. The number of ether oxygens (including phenoxy) is 1. The molecule has 1 aliphatic heterocycles. The molecule has 4 rings (SSSR count). The van der Waals surface area contributed by atoms with E-state index in [-0.39, 0.29) is 12.0 Å². The third-order valence-corrected chi connectivity index (χ3v) is 5.66. The van der Waals surface area contributed by atoms with Crippen molar-refractivity contribution in [2.75, 3.05) is 36.4 Å². The summed E-state index contributed by atoms with van der Waals surface area (Å²) in [7, 11) is 0. The van der Waals surface area contributed by atoms with E-state index in [0.29, 0.717) is 42.6 Å². The van der Waals surface area contributed by atoms with Crippen LogP contribution < -0.4 is 10.2 Å². The summed E-state index contributed by atoms with van der Waals surface area (Å²) in [6, 6.07) is 3.66. The van der Waals surface area contributed by atoms with E-state index < -0.39 is 5.60 Å². The number of amides is 2. The summed E-state index contributed by atoms with van der Waals surface area (Å²) in [6.45, 7) is 7.86. The highest BCUT2D eigenvalue weighted by Gasteiger charge is 2.27. The first kappa shape index (κ1) is 21.8. The second-order valence-electron chi connectivity index (χ2n) is 8.31. The van der Waals surface area contributed by atoms with Gasteiger partial charge in [0.25, 0.3) is 5.91 Å². The number of piperazine rings is 1. The van der Waals surface area contributed by atoms with Crippen LogP contribution in [0.3, 0.4) is 0 Å². The number of carbonyl (C=O) groups excluding carboxylic acids is 2. The number of rotatable bonds is 4. The first-order valence-corrected chi connectivity index (χ1v) is 11.1. The van der Waals surface area contributed by atoms with Gasteiger partial charge in [0.15, 0.2) is 0 Å². The lowest BCUT2D eigenvalue weighted by atomic mass is 10.2. The quantitative estimate of drug-likeness (QED) is 0.620. The van der Waals surface area contributed by atoms with Crippen molar-refractivity contribution < 1.29 is 14.3 Å². The van der Waals surface area contributed by atoms with E-state index in [0.717, 1.165) is 11.4 Å². The third kappa shape index (κ3) is 5.05. The predicted molar refractivity (Wildman–Crippen MR) is 122 cm³/mol. The Morgan fingerprint density at radius 2 is 1.94 bits per heavy atom. The van der Waals surface area contributed by atoms with Gasteiger partial charge in [-0.1, -0.05) is 0 Å². The fourth-order valence-corrected chi connectivity index (χ4v) is 4.05. The summed E-state index contributed by atoms with van der Waals surface area (Å²) >= 11 is 1.37. The molecule has 1 saturated heterocycles. The molecule has 0 unspecified atom stereocenters. The third-order valence-electron chi connectivity index (χ3n) is 4.79. The van der Waals surface area contributed by atoms with Crippen LogP contribution in [0.2, 0.25) is 0 Å². The van der Waals surface area contributed by atoms with Gasteiger partial charge in [-0.05, 0) is 32.9 Å². The molecule has 2 amide bonds. The number of hydrogen-bond donors (Lipinski definition) is 2. The molecule has 0 aliphatic carbocycles. The van der Waals surface area contributed by atoms with Crippen LogP contribution in [-0.2, 0) is 4.74 Å². The van der Waals surface area contributed by atoms with Gasteiger partial charge < -0.3 is 19.9 Å². The molecule has 0 spiro atoms. The van der Waals surface area contributed by atoms with Crippen molar-refractivity contribution in [1.29, 1.82) is 0 Å².